The SMILES string of the molecule is c1ccc(-c2nc(-c3ccc(-c4cc5c6ccccc6c6c(c7ccccc7n6-c6ccccc6)c5c5ccccc45)cc3)nc(-c3cc4ccccc4c4ccccc34)n2)cc1. The van der Waals surface area contributed by atoms with Crippen molar-refractivity contribution in [2.24, 2.45) is 0 Å². The van der Waals surface area contributed by atoms with Gasteiger partial charge in [0.05, 0.1) is 11.0 Å². The molecule has 2 aromatic heterocycles. The molecular weight excluding hydrogens is 765 g/mol. The van der Waals surface area contributed by atoms with Crippen molar-refractivity contribution in [1.82, 2.24) is 19.5 Å². The summed E-state index contributed by atoms with van der Waals surface area (Å²) in [4.78, 5) is 15.5. The second-order valence-corrected chi connectivity index (χ2v) is 16.3. The van der Waals surface area contributed by atoms with Crippen molar-refractivity contribution in [2.75, 3.05) is 0 Å². The predicted molar refractivity (Wildman–Crippen MR) is 263 cm³/mol. The van der Waals surface area contributed by atoms with Crippen LogP contribution < -0.4 is 0 Å². The number of hydrogen-bond donors (Lipinski definition) is 0. The first-order chi connectivity index (χ1) is 31.3. The first-order valence-corrected chi connectivity index (χ1v) is 21.4. The lowest BCUT2D eigenvalue weighted by atomic mass is 9.88. The number of nitrogens with zero attached hydrogens (tertiary/aromatic N) is 4. The molecule has 0 aliphatic rings. The maximum atomic E-state index is 5.24. The van der Waals surface area contributed by atoms with Gasteiger partial charge in [0.1, 0.15) is 0 Å². The lowest BCUT2D eigenvalue weighted by molar-refractivity contribution is 1.08. The van der Waals surface area contributed by atoms with Crippen LogP contribution in [-0.2, 0) is 0 Å². The van der Waals surface area contributed by atoms with Crippen molar-refractivity contribution in [3.8, 4) is 51.0 Å². The van der Waals surface area contributed by atoms with Gasteiger partial charge in [0.25, 0.3) is 0 Å². The van der Waals surface area contributed by atoms with Gasteiger partial charge in [-0.3, -0.25) is 0 Å². The van der Waals surface area contributed by atoms with E-state index in [2.05, 4.69) is 205 Å². The predicted octanol–water partition coefficient (Wildman–Crippen LogP) is 15.4. The normalized spacial score (nSPS) is 11.8. The van der Waals surface area contributed by atoms with Gasteiger partial charge in [0.15, 0.2) is 17.5 Å². The minimum Gasteiger partial charge on any atom is -0.309 e. The van der Waals surface area contributed by atoms with E-state index in [1.54, 1.807) is 0 Å². The quantitative estimate of drug-likeness (QED) is 0.163. The number of hydrogen-bond acceptors (Lipinski definition) is 3. The molecule has 13 aromatic rings. The minimum atomic E-state index is 0.634. The zero-order valence-corrected chi connectivity index (χ0v) is 34.1. The Hall–Kier alpha value is -8.47. The molecule has 4 heteroatoms. The largest absolute Gasteiger partial charge is 0.309 e. The highest BCUT2D eigenvalue weighted by Gasteiger charge is 2.22. The van der Waals surface area contributed by atoms with Crippen molar-refractivity contribution in [3.63, 3.8) is 0 Å². The van der Waals surface area contributed by atoms with E-state index in [9.17, 15) is 0 Å². The standard InChI is InChI=1S/C59H36N4/c1-3-17-38(18-4-1)57-60-58(62-59(61-57)52-35-40-19-7-8-22-42(40)43-23-9-10-24-44(43)52)39-33-31-37(32-34-39)50-36-51-46-26-12-14-28-48(46)56-55(54(51)47-27-13-11-25-45(47)50)49-29-15-16-30-53(49)63(56)41-20-5-2-6-21-41/h1-36H. The van der Waals surface area contributed by atoms with Crippen LogP contribution in [0, 0.1) is 0 Å². The molecule has 0 spiro atoms. The summed E-state index contributed by atoms with van der Waals surface area (Å²) in [5.74, 6) is 1.93. The van der Waals surface area contributed by atoms with Crippen LogP contribution in [0.4, 0.5) is 0 Å². The van der Waals surface area contributed by atoms with Crippen LogP contribution >= 0.6 is 0 Å². The Morgan fingerprint density at radius 3 is 1.49 bits per heavy atom. The molecule has 0 fully saturated rings. The van der Waals surface area contributed by atoms with Gasteiger partial charge in [-0.25, -0.2) is 15.0 Å². The van der Waals surface area contributed by atoms with Crippen molar-refractivity contribution in [1.29, 1.82) is 0 Å². The number of aromatic nitrogens is 4. The lowest BCUT2D eigenvalue weighted by Crippen LogP contribution is -2.00. The zero-order chi connectivity index (χ0) is 41.4. The molecule has 0 amide bonds. The van der Waals surface area contributed by atoms with Crippen LogP contribution in [0.1, 0.15) is 0 Å². The highest BCUT2D eigenvalue weighted by molar-refractivity contribution is 6.38. The smallest absolute Gasteiger partial charge is 0.164 e. The molecule has 0 aliphatic heterocycles. The molecule has 2 heterocycles. The van der Waals surface area contributed by atoms with Gasteiger partial charge < -0.3 is 4.57 Å². The number of fused-ring (bicyclic) bond motifs is 13. The summed E-state index contributed by atoms with van der Waals surface area (Å²) in [5.41, 5.74) is 8.76. The Bertz CT molecular complexity index is 3950. The number of rotatable bonds is 5. The monoisotopic (exact) mass is 800 g/mol. The Kier molecular flexibility index (Phi) is 7.87. The van der Waals surface area contributed by atoms with E-state index in [4.69, 9.17) is 15.0 Å². The summed E-state index contributed by atoms with van der Waals surface area (Å²) in [6, 6.07) is 78.1. The van der Waals surface area contributed by atoms with E-state index in [0.29, 0.717) is 17.5 Å². The zero-order valence-electron chi connectivity index (χ0n) is 34.1. The van der Waals surface area contributed by atoms with Gasteiger partial charge >= 0.3 is 0 Å². The highest BCUT2D eigenvalue weighted by Crippen LogP contribution is 2.47. The van der Waals surface area contributed by atoms with Crippen molar-refractivity contribution >= 4 is 75.7 Å². The van der Waals surface area contributed by atoms with Crippen molar-refractivity contribution in [2.45, 2.75) is 0 Å². The first-order valence-electron chi connectivity index (χ1n) is 21.4. The van der Waals surface area contributed by atoms with Gasteiger partial charge in [-0.05, 0) is 84.5 Å². The molecule has 0 unspecified atom stereocenters. The lowest BCUT2D eigenvalue weighted by Gasteiger charge is -2.16. The highest BCUT2D eigenvalue weighted by atomic mass is 15.0. The van der Waals surface area contributed by atoms with Gasteiger partial charge in [-0.1, -0.05) is 188 Å². The molecule has 0 bridgehead atoms. The van der Waals surface area contributed by atoms with E-state index in [1.165, 1.54) is 70.5 Å². The van der Waals surface area contributed by atoms with E-state index in [1.807, 2.05) is 18.2 Å². The maximum Gasteiger partial charge on any atom is 0.164 e. The summed E-state index contributed by atoms with van der Waals surface area (Å²) >= 11 is 0. The van der Waals surface area contributed by atoms with E-state index in [-0.39, 0.29) is 0 Å². The molecule has 0 N–H and O–H groups in total. The molecule has 292 valence electrons. The van der Waals surface area contributed by atoms with Gasteiger partial charge in [0, 0.05) is 43.9 Å². The molecule has 63 heavy (non-hydrogen) atoms. The fourth-order valence-corrected chi connectivity index (χ4v) is 9.99. The summed E-state index contributed by atoms with van der Waals surface area (Å²) < 4.78 is 2.45. The van der Waals surface area contributed by atoms with Crippen LogP contribution in [0.2, 0.25) is 0 Å². The Morgan fingerprint density at radius 2 is 0.778 bits per heavy atom. The average molecular weight is 801 g/mol. The van der Waals surface area contributed by atoms with Gasteiger partial charge in [0.2, 0.25) is 0 Å². The van der Waals surface area contributed by atoms with Crippen LogP contribution in [0.3, 0.4) is 0 Å². The average Bonchev–Trinajstić information content (AvgIpc) is 3.71. The molecule has 0 saturated carbocycles. The first kappa shape index (κ1) is 35.3. The topological polar surface area (TPSA) is 43.6 Å². The second-order valence-electron chi connectivity index (χ2n) is 16.3. The van der Waals surface area contributed by atoms with Gasteiger partial charge in [-0.2, -0.15) is 0 Å². The Labute approximate surface area is 363 Å². The fourth-order valence-electron chi connectivity index (χ4n) is 9.99. The van der Waals surface area contributed by atoms with Crippen LogP contribution in [-0.4, -0.2) is 19.5 Å². The summed E-state index contributed by atoms with van der Waals surface area (Å²) in [6.07, 6.45) is 0. The molecular formula is C59H36N4. The number of para-hydroxylation sites is 2. The third kappa shape index (κ3) is 5.52. The number of benzene rings is 11. The molecule has 0 radical (unpaired) electrons. The molecule has 0 atom stereocenters. The van der Waals surface area contributed by atoms with Crippen LogP contribution in [0.5, 0.6) is 0 Å². The van der Waals surface area contributed by atoms with Gasteiger partial charge in [-0.15, -0.1) is 0 Å². The second kappa shape index (κ2) is 14.1. The van der Waals surface area contributed by atoms with Crippen LogP contribution in [0.15, 0.2) is 218 Å². The summed E-state index contributed by atoms with van der Waals surface area (Å²) in [5, 5.41) is 14.6. The van der Waals surface area contributed by atoms with E-state index >= 15 is 0 Å². The minimum absolute atomic E-state index is 0.634. The molecule has 4 nitrogen and oxygen atoms in total. The molecule has 0 saturated heterocycles. The summed E-state index contributed by atoms with van der Waals surface area (Å²) in [7, 11) is 0. The van der Waals surface area contributed by atoms with Crippen molar-refractivity contribution < 1.29 is 0 Å². The van der Waals surface area contributed by atoms with E-state index < -0.39 is 0 Å². The molecule has 0 aliphatic carbocycles. The van der Waals surface area contributed by atoms with Crippen molar-refractivity contribution in [3.05, 3.63) is 218 Å². The Morgan fingerprint density at radius 1 is 0.286 bits per heavy atom. The summed E-state index contributed by atoms with van der Waals surface area (Å²) in [6.45, 7) is 0. The van der Waals surface area contributed by atoms with E-state index in [0.717, 1.165) is 38.7 Å². The maximum absolute atomic E-state index is 5.24. The fraction of sp³-hybridized carbons (Fsp3) is 0. The third-order valence-electron chi connectivity index (χ3n) is 12.8. The Balaban J connectivity index is 1.02. The van der Waals surface area contributed by atoms with Crippen LogP contribution in [0.25, 0.3) is 127 Å². The molecule has 13 rings (SSSR count). The molecule has 11 aromatic carbocycles. The third-order valence-corrected chi connectivity index (χ3v) is 12.8.